The Kier molecular flexibility index (Phi) is 5.35. The number of nitrogen functional groups attached to an aromatic ring is 1. The quantitative estimate of drug-likeness (QED) is 0.668. The molecule has 2 aromatic carbocycles. The van der Waals surface area contributed by atoms with Crippen LogP contribution in [0, 0.1) is 34.3 Å². The minimum absolute atomic E-state index is 0.00238. The highest BCUT2D eigenvalue weighted by Crippen LogP contribution is 2.36. The maximum atomic E-state index is 13.3. The summed E-state index contributed by atoms with van der Waals surface area (Å²) in [4.78, 5) is 4.20. The van der Waals surface area contributed by atoms with Gasteiger partial charge < -0.3 is 5.73 Å². The van der Waals surface area contributed by atoms with E-state index in [2.05, 4.69) is 11.1 Å². The average molecular weight is 378 g/mol. The third-order valence-corrected chi connectivity index (χ3v) is 4.88. The Balaban J connectivity index is 2.07. The standard InChI is InChI=1S/C20H12F2N4S/c21-14-5-1-12(2-6-14)11-27-20-17(10-24)18(16(9-23)19(25)26-20)13-3-7-15(22)8-4-13/h1-8H,11H2,(H2,25,26). The molecule has 3 rings (SSSR count). The summed E-state index contributed by atoms with van der Waals surface area (Å²) in [7, 11) is 0. The molecule has 0 bridgehead atoms. The lowest BCUT2D eigenvalue weighted by atomic mass is 9.97. The molecule has 7 heteroatoms. The summed E-state index contributed by atoms with van der Waals surface area (Å²) in [5.74, 6) is -0.321. The second kappa shape index (κ2) is 7.86. The fraction of sp³-hybridized carbons (Fsp3) is 0.0500. The van der Waals surface area contributed by atoms with E-state index in [0.717, 1.165) is 5.56 Å². The van der Waals surface area contributed by atoms with Gasteiger partial charge >= 0.3 is 0 Å². The maximum Gasteiger partial charge on any atom is 0.143 e. The van der Waals surface area contributed by atoms with Gasteiger partial charge in [0.25, 0.3) is 0 Å². The van der Waals surface area contributed by atoms with Crippen LogP contribution in [0.25, 0.3) is 11.1 Å². The Morgan fingerprint density at radius 2 is 1.44 bits per heavy atom. The summed E-state index contributed by atoms with van der Waals surface area (Å²) in [6.45, 7) is 0. The van der Waals surface area contributed by atoms with E-state index in [1.807, 2.05) is 6.07 Å². The van der Waals surface area contributed by atoms with E-state index in [1.165, 1.54) is 48.2 Å². The number of aromatic nitrogens is 1. The van der Waals surface area contributed by atoms with Gasteiger partial charge in [-0.05, 0) is 35.4 Å². The summed E-state index contributed by atoms with van der Waals surface area (Å²) in [5.41, 5.74) is 7.88. The van der Waals surface area contributed by atoms with Crippen molar-refractivity contribution in [2.24, 2.45) is 0 Å². The Morgan fingerprint density at radius 3 is 2.00 bits per heavy atom. The van der Waals surface area contributed by atoms with Crippen LogP contribution in [0.1, 0.15) is 16.7 Å². The molecule has 2 N–H and O–H groups in total. The largest absolute Gasteiger partial charge is 0.383 e. The molecule has 1 aromatic heterocycles. The predicted molar refractivity (Wildman–Crippen MR) is 99.4 cm³/mol. The third-order valence-electron chi connectivity index (χ3n) is 3.84. The van der Waals surface area contributed by atoms with Crippen LogP contribution in [0.2, 0.25) is 0 Å². The maximum absolute atomic E-state index is 13.3. The first-order chi connectivity index (χ1) is 13.0. The van der Waals surface area contributed by atoms with Crippen molar-refractivity contribution >= 4 is 17.6 Å². The van der Waals surface area contributed by atoms with Crippen LogP contribution >= 0.6 is 11.8 Å². The van der Waals surface area contributed by atoms with Gasteiger partial charge in [0.1, 0.15) is 40.2 Å². The summed E-state index contributed by atoms with van der Waals surface area (Å²) >= 11 is 1.26. The number of nitrogens with two attached hydrogens (primary N) is 1. The number of rotatable bonds is 4. The van der Waals surface area contributed by atoms with Gasteiger partial charge in [0.15, 0.2) is 0 Å². The molecule has 0 spiro atoms. The Labute approximate surface area is 158 Å². The molecule has 0 aliphatic carbocycles. The number of thioether (sulfide) groups is 1. The monoisotopic (exact) mass is 378 g/mol. The number of nitrogens with zero attached hydrogens (tertiary/aromatic N) is 3. The third kappa shape index (κ3) is 3.89. The van der Waals surface area contributed by atoms with Crippen LogP contribution < -0.4 is 5.73 Å². The molecule has 4 nitrogen and oxygen atoms in total. The lowest BCUT2D eigenvalue weighted by molar-refractivity contribution is 0.627. The Hall–Kier alpha value is -3.42. The molecule has 0 unspecified atom stereocenters. The van der Waals surface area contributed by atoms with Gasteiger partial charge in [0, 0.05) is 11.3 Å². The fourth-order valence-corrected chi connectivity index (χ4v) is 3.49. The number of nitriles is 2. The van der Waals surface area contributed by atoms with Gasteiger partial charge in [-0.3, -0.25) is 0 Å². The van der Waals surface area contributed by atoms with Crippen LogP contribution in [-0.4, -0.2) is 4.98 Å². The van der Waals surface area contributed by atoms with Gasteiger partial charge in [-0.1, -0.05) is 24.3 Å². The number of halogens is 2. The number of hydrogen-bond donors (Lipinski definition) is 1. The van der Waals surface area contributed by atoms with Crippen LogP contribution in [-0.2, 0) is 5.75 Å². The fourth-order valence-electron chi connectivity index (χ4n) is 2.54. The van der Waals surface area contributed by atoms with E-state index in [0.29, 0.717) is 21.9 Å². The zero-order valence-electron chi connectivity index (χ0n) is 13.9. The van der Waals surface area contributed by atoms with Gasteiger partial charge in [-0.2, -0.15) is 10.5 Å². The first kappa shape index (κ1) is 18.4. The zero-order chi connectivity index (χ0) is 19.4. The second-order valence-electron chi connectivity index (χ2n) is 5.57. The van der Waals surface area contributed by atoms with E-state index >= 15 is 0 Å². The van der Waals surface area contributed by atoms with Gasteiger partial charge in [0.05, 0.1) is 5.56 Å². The average Bonchev–Trinajstić information content (AvgIpc) is 2.67. The van der Waals surface area contributed by atoms with Crippen molar-refractivity contribution in [3.8, 4) is 23.3 Å². The van der Waals surface area contributed by atoms with E-state index in [4.69, 9.17) is 5.73 Å². The molecule has 0 saturated heterocycles. The van der Waals surface area contributed by atoms with Crippen LogP contribution in [0.4, 0.5) is 14.6 Å². The number of anilines is 1. The molecule has 0 radical (unpaired) electrons. The molecule has 0 amide bonds. The lowest BCUT2D eigenvalue weighted by Gasteiger charge is -2.13. The number of benzene rings is 2. The first-order valence-corrected chi connectivity index (χ1v) is 8.79. The minimum Gasteiger partial charge on any atom is -0.383 e. The predicted octanol–water partition coefficient (Wildman–Crippen LogP) is 4.64. The molecule has 0 fully saturated rings. The van der Waals surface area contributed by atoms with Crippen molar-refractivity contribution in [1.29, 1.82) is 10.5 Å². The Morgan fingerprint density at radius 1 is 0.889 bits per heavy atom. The molecule has 0 atom stereocenters. The first-order valence-electron chi connectivity index (χ1n) is 7.80. The highest BCUT2D eigenvalue weighted by molar-refractivity contribution is 7.98. The van der Waals surface area contributed by atoms with Crippen molar-refractivity contribution in [2.45, 2.75) is 10.8 Å². The molecule has 27 heavy (non-hydrogen) atoms. The summed E-state index contributed by atoms with van der Waals surface area (Å²) < 4.78 is 26.3. The lowest BCUT2D eigenvalue weighted by Crippen LogP contribution is -2.03. The van der Waals surface area contributed by atoms with Crippen LogP contribution in [0.3, 0.4) is 0 Å². The topological polar surface area (TPSA) is 86.5 Å². The van der Waals surface area contributed by atoms with Gasteiger partial charge in [0.2, 0.25) is 0 Å². The van der Waals surface area contributed by atoms with Crippen molar-refractivity contribution < 1.29 is 8.78 Å². The molecular weight excluding hydrogens is 366 g/mol. The van der Waals surface area contributed by atoms with Crippen molar-refractivity contribution in [1.82, 2.24) is 4.98 Å². The summed E-state index contributed by atoms with van der Waals surface area (Å²) in [5, 5.41) is 19.5. The zero-order valence-corrected chi connectivity index (χ0v) is 14.7. The molecule has 3 aromatic rings. The highest BCUT2D eigenvalue weighted by Gasteiger charge is 2.20. The van der Waals surface area contributed by atoms with E-state index in [1.54, 1.807) is 12.1 Å². The highest BCUT2D eigenvalue weighted by atomic mass is 32.2. The van der Waals surface area contributed by atoms with Gasteiger partial charge in [-0.25, -0.2) is 13.8 Å². The van der Waals surface area contributed by atoms with Crippen molar-refractivity contribution in [2.75, 3.05) is 5.73 Å². The normalized spacial score (nSPS) is 10.2. The molecule has 0 aliphatic rings. The van der Waals surface area contributed by atoms with E-state index in [9.17, 15) is 19.3 Å². The minimum atomic E-state index is -0.427. The van der Waals surface area contributed by atoms with Crippen molar-refractivity contribution in [3.05, 3.63) is 76.9 Å². The van der Waals surface area contributed by atoms with Crippen LogP contribution in [0.5, 0.6) is 0 Å². The molecule has 0 saturated carbocycles. The second-order valence-corrected chi connectivity index (χ2v) is 6.54. The van der Waals surface area contributed by atoms with Crippen molar-refractivity contribution in [3.63, 3.8) is 0 Å². The molecular formula is C20H12F2N4S. The summed E-state index contributed by atoms with van der Waals surface area (Å²) in [6, 6.07) is 15.5. The number of hydrogen-bond acceptors (Lipinski definition) is 5. The molecule has 1 heterocycles. The van der Waals surface area contributed by atoms with E-state index < -0.39 is 5.82 Å². The van der Waals surface area contributed by atoms with E-state index in [-0.39, 0.29) is 22.8 Å². The SMILES string of the molecule is N#Cc1c(N)nc(SCc2ccc(F)cc2)c(C#N)c1-c1ccc(F)cc1. The summed E-state index contributed by atoms with van der Waals surface area (Å²) in [6.07, 6.45) is 0. The van der Waals surface area contributed by atoms with Gasteiger partial charge in [-0.15, -0.1) is 11.8 Å². The number of pyridine rings is 1. The Bertz CT molecular complexity index is 1070. The molecule has 132 valence electrons. The molecule has 0 aliphatic heterocycles. The smallest absolute Gasteiger partial charge is 0.143 e. The van der Waals surface area contributed by atoms with Crippen LogP contribution in [0.15, 0.2) is 53.6 Å².